The molecule has 0 fully saturated rings. The van der Waals surface area contributed by atoms with Gasteiger partial charge < -0.3 is 10.2 Å². The Bertz CT molecular complexity index is 1020. The molecule has 0 saturated heterocycles. The molecular weight excluding hydrogens is 517 g/mol. The molecule has 2 aromatic heterocycles. The van der Waals surface area contributed by atoms with Crippen molar-refractivity contribution in [3.8, 4) is 5.69 Å². The molecule has 6 nitrogen and oxygen atoms in total. The van der Waals surface area contributed by atoms with Gasteiger partial charge in [0.25, 0.3) is 0 Å². The van der Waals surface area contributed by atoms with E-state index in [1.807, 2.05) is 6.07 Å². The fourth-order valence-corrected chi connectivity index (χ4v) is 3.32. The summed E-state index contributed by atoms with van der Waals surface area (Å²) in [6, 6.07) is 12.3. The number of hydrogen-bond donors (Lipinski definition) is 3. The molecule has 0 aliphatic rings. The van der Waals surface area contributed by atoms with Crippen molar-refractivity contribution >= 4 is 22.6 Å². The minimum Gasteiger partial charge on any atom is -0.389 e. The monoisotopic (exact) mass is 540 g/mol. The van der Waals surface area contributed by atoms with E-state index < -0.39 is 12.2 Å². The van der Waals surface area contributed by atoms with Gasteiger partial charge in [-0.25, -0.2) is 13.5 Å². The lowest BCUT2D eigenvalue weighted by molar-refractivity contribution is 0.197. The first-order chi connectivity index (χ1) is 14.8. The van der Waals surface area contributed by atoms with Gasteiger partial charge in [-0.15, -0.1) is 0 Å². The van der Waals surface area contributed by atoms with Crippen LogP contribution >= 0.6 is 22.6 Å². The Morgan fingerprint density at radius 1 is 0.935 bits per heavy atom. The number of aromatic amines is 1. The van der Waals surface area contributed by atoms with Crippen LogP contribution < -0.4 is 0 Å². The number of aliphatic hydroxyl groups is 2. The first-order valence-corrected chi connectivity index (χ1v) is 10.4. The largest absolute Gasteiger partial charge is 0.389 e. The summed E-state index contributed by atoms with van der Waals surface area (Å²) < 4.78 is 28.1. The number of hydrogen-bond acceptors (Lipinski definition) is 4. The maximum Gasteiger partial charge on any atom is 0.123 e. The SMILES string of the molecule is C[C@@H](O)c1cc(F)ccc1-n1cccn1.C[C@@H](O)c1cc(F)ccc1I.c1cn[nH]c1. The molecule has 0 bridgehead atoms. The van der Waals surface area contributed by atoms with Crippen molar-refractivity contribution in [3.05, 3.63) is 99.6 Å². The molecule has 0 aliphatic carbocycles. The average molecular weight is 540 g/mol. The first-order valence-electron chi connectivity index (χ1n) is 9.34. The summed E-state index contributed by atoms with van der Waals surface area (Å²) in [7, 11) is 0. The Kier molecular flexibility index (Phi) is 9.76. The summed E-state index contributed by atoms with van der Waals surface area (Å²) in [5.41, 5.74) is 1.86. The molecule has 0 radical (unpaired) electrons. The van der Waals surface area contributed by atoms with Gasteiger partial charge in [-0.05, 0) is 90.5 Å². The molecule has 3 N–H and O–H groups in total. The molecule has 2 aromatic carbocycles. The minimum atomic E-state index is -0.722. The lowest BCUT2D eigenvalue weighted by Crippen LogP contribution is -2.03. The Morgan fingerprint density at radius 2 is 1.58 bits per heavy atom. The van der Waals surface area contributed by atoms with Crippen LogP contribution in [0.25, 0.3) is 5.69 Å². The Morgan fingerprint density at radius 3 is 2.03 bits per heavy atom. The van der Waals surface area contributed by atoms with Gasteiger partial charge in [0, 0.05) is 33.9 Å². The number of aliphatic hydroxyl groups excluding tert-OH is 2. The number of benzene rings is 2. The molecule has 4 rings (SSSR count). The van der Waals surface area contributed by atoms with Gasteiger partial charge in [0.05, 0.1) is 17.9 Å². The van der Waals surface area contributed by atoms with Crippen LogP contribution in [0.2, 0.25) is 0 Å². The zero-order valence-electron chi connectivity index (χ0n) is 17.0. The zero-order valence-corrected chi connectivity index (χ0v) is 19.1. The maximum absolute atomic E-state index is 13.0. The molecule has 0 saturated carbocycles. The highest BCUT2D eigenvalue weighted by Gasteiger charge is 2.10. The number of rotatable bonds is 3. The topological polar surface area (TPSA) is 87.0 Å². The molecule has 0 aliphatic heterocycles. The van der Waals surface area contributed by atoms with Crippen molar-refractivity contribution in [1.29, 1.82) is 0 Å². The fourth-order valence-electron chi connectivity index (χ4n) is 2.53. The highest BCUT2D eigenvalue weighted by Crippen LogP contribution is 2.22. The predicted molar refractivity (Wildman–Crippen MR) is 122 cm³/mol. The van der Waals surface area contributed by atoms with Crippen LogP contribution in [0.1, 0.15) is 37.2 Å². The number of nitrogens with zero attached hydrogens (tertiary/aromatic N) is 3. The minimum absolute atomic E-state index is 0.304. The molecule has 164 valence electrons. The summed E-state index contributed by atoms with van der Waals surface area (Å²) in [5.74, 6) is -0.664. The fraction of sp³-hybridized carbons (Fsp3) is 0.182. The molecule has 0 spiro atoms. The van der Waals surface area contributed by atoms with E-state index in [9.17, 15) is 13.9 Å². The van der Waals surface area contributed by atoms with Crippen LogP contribution in [0.3, 0.4) is 0 Å². The Hall–Kier alpha value is -2.63. The summed E-state index contributed by atoms with van der Waals surface area (Å²) in [6.07, 6.45) is 5.52. The van der Waals surface area contributed by atoms with Crippen molar-refractivity contribution < 1.29 is 19.0 Å². The first kappa shape index (κ1) is 24.6. The second-order valence-electron chi connectivity index (χ2n) is 6.44. The average Bonchev–Trinajstić information content (AvgIpc) is 3.47. The molecule has 2 heterocycles. The molecule has 0 unspecified atom stereocenters. The van der Waals surface area contributed by atoms with Gasteiger partial charge in [-0.1, -0.05) is 0 Å². The van der Waals surface area contributed by atoms with E-state index in [4.69, 9.17) is 5.11 Å². The van der Waals surface area contributed by atoms with Crippen LogP contribution in [0.5, 0.6) is 0 Å². The third kappa shape index (κ3) is 7.85. The van der Waals surface area contributed by atoms with Crippen molar-refractivity contribution in [2.45, 2.75) is 26.1 Å². The van der Waals surface area contributed by atoms with Gasteiger partial charge in [0.1, 0.15) is 11.6 Å². The van der Waals surface area contributed by atoms with E-state index in [0.29, 0.717) is 16.8 Å². The van der Waals surface area contributed by atoms with Crippen molar-refractivity contribution in [2.24, 2.45) is 0 Å². The molecule has 31 heavy (non-hydrogen) atoms. The summed E-state index contributed by atoms with van der Waals surface area (Å²) in [5, 5.41) is 28.9. The molecule has 0 amide bonds. The van der Waals surface area contributed by atoms with Crippen LogP contribution in [0.4, 0.5) is 8.78 Å². The molecular formula is C22H23F2IN4O2. The van der Waals surface area contributed by atoms with Gasteiger partial charge in [-0.2, -0.15) is 10.2 Å². The molecule has 4 aromatic rings. The van der Waals surface area contributed by atoms with Crippen molar-refractivity contribution in [3.63, 3.8) is 0 Å². The highest BCUT2D eigenvalue weighted by molar-refractivity contribution is 14.1. The van der Waals surface area contributed by atoms with Gasteiger partial charge >= 0.3 is 0 Å². The van der Waals surface area contributed by atoms with Crippen LogP contribution in [0.15, 0.2) is 73.3 Å². The van der Waals surface area contributed by atoms with E-state index in [1.54, 1.807) is 61.5 Å². The second kappa shape index (κ2) is 12.3. The van der Waals surface area contributed by atoms with E-state index >= 15 is 0 Å². The third-order valence-corrected chi connectivity index (χ3v) is 4.99. The number of nitrogens with one attached hydrogen (secondary N) is 1. The van der Waals surface area contributed by atoms with Crippen LogP contribution in [0, 0.1) is 15.2 Å². The van der Waals surface area contributed by atoms with Gasteiger partial charge in [0.2, 0.25) is 0 Å². The Balaban J connectivity index is 0.000000186. The normalized spacial score (nSPS) is 12.1. The highest BCUT2D eigenvalue weighted by atomic mass is 127. The van der Waals surface area contributed by atoms with E-state index in [0.717, 1.165) is 3.57 Å². The molecule has 2 atom stereocenters. The summed E-state index contributed by atoms with van der Waals surface area (Å²) in [4.78, 5) is 0. The Labute approximate surface area is 192 Å². The second-order valence-corrected chi connectivity index (χ2v) is 7.60. The zero-order chi connectivity index (χ0) is 22.8. The van der Waals surface area contributed by atoms with Crippen LogP contribution in [-0.2, 0) is 0 Å². The number of halogens is 3. The smallest absolute Gasteiger partial charge is 0.123 e. The number of H-pyrrole nitrogens is 1. The van der Waals surface area contributed by atoms with Gasteiger partial charge in [-0.3, -0.25) is 5.10 Å². The van der Waals surface area contributed by atoms with Crippen molar-refractivity contribution in [1.82, 2.24) is 20.0 Å². The van der Waals surface area contributed by atoms with E-state index in [2.05, 4.69) is 37.9 Å². The predicted octanol–water partition coefficient (Wildman–Crippen LogP) is 4.96. The lowest BCUT2D eigenvalue weighted by atomic mass is 10.1. The lowest BCUT2D eigenvalue weighted by Gasteiger charge is -2.11. The van der Waals surface area contributed by atoms with Gasteiger partial charge in [0.15, 0.2) is 0 Å². The molecule has 9 heteroatoms. The van der Waals surface area contributed by atoms with E-state index in [-0.39, 0.29) is 11.6 Å². The van der Waals surface area contributed by atoms with Crippen molar-refractivity contribution in [2.75, 3.05) is 0 Å². The standard InChI is InChI=1S/C11H11FN2O.C8H8FIO.C3H4N2/c1-8(15)10-7-9(12)3-4-11(10)14-6-2-5-13-14;1-5(11)7-4-6(9)2-3-8(7)10;1-2-4-5-3-1/h2-8,15H,1H3;2-5,11H,1H3;1-3H,(H,4,5)/t8-;5-;/m11./s1. The number of aromatic nitrogens is 4. The summed E-state index contributed by atoms with van der Waals surface area (Å²) >= 11 is 2.07. The van der Waals surface area contributed by atoms with E-state index in [1.165, 1.54) is 24.3 Å². The third-order valence-electron chi connectivity index (χ3n) is 4.00. The maximum atomic E-state index is 13.0. The summed E-state index contributed by atoms with van der Waals surface area (Å²) in [6.45, 7) is 3.22. The van der Waals surface area contributed by atoms with Crippen LogP contribution in [-0.4, -0.2) is 30.2 Å². The quantitative estimate of drug-likeness (QED) is 0.321.